The Kier molecular flexibility index (Phi) is 5.04. The quantitative estimate of drug-likeness (QED) is 0.489. The van der Waals surface area contributed by atoms with Crippen molar-refractivity contribution in [2.45, 2.75) is 11.8 Å². The van der Waals surface area contributed by atoms with E-state index in [0.717, 1.165) is 15.8 Å². The first kappa shape index (κ1) is 19.1. The maximum atomic E-state index is 12.5. The zero-order chi connectivity index (χ0) is 20.4. The number of para-hydroxylation sites is 1. The molecule has 0 unspecified atom stereocenters. The first-order valence-corrected chi connectivity index (χ1v) is 11.1. The van der Waals surface area contributed by atoms with Crippen molar-refractivity contribution in [3.05, 3.63) is 83.9 Å². The Morgan fingerprint density at radius 3 is 2.31 bits per heavy atom. The van der Waals surface area contributed by atoms with E-state index < -0.39 is 10.0 Å². The number of thiazole rings is 1. The van der Waals surface area contributed by atoms with Crippen LogP contribution < -0.4 is 10.0 Å². The number of rotatable bonds is 5. The molecule has 2 N–H and O–H groups in total. The van der Waals surface area contributed by atoms with Crippen molar-refractivity contribution in [1.82, 2.24) is 4.98 Å². The van der Waals surface area contributed by atoms with E-state index in [9.17, 15) is 13.2 Å². The van der Waals surface area contributed by atoms with Crippen molar-refractivity contribution in [2.75, 3.05) is 10.0 Å². The van der Waals surface area contributed by atoms with Gasteiger partial charge in [0.1, 0.15) is 0 Å². The van der Waals surface area contributed by atoms with Crippen LogP contribution in [0.1, 0.15) is 15.9 Å². The molecule has 1 heterocycles. The maximum Gasteiger partial charge on any atom is 0.261 e. The molecule has 3 aromatic carbocycles. The number of anilines is 2. The molecule has 4 aromatic rings. The Morgan fingerprint density at radius 1 is 0.931 bits per heavy atom. The molecule has 6 nitrogen and oxygen atoms in total. The number of amides is 1. The number of hydrogen-bond donors (Lipinski definition) is 2. The molecule has 0 radical (unpaired) electrons. The molecule has 0 fully saturated rings. The van der Waals surface area contributed by atoms with E-state index in [-0.39, 0.29) is 10.8 Å². The first-order chi connectivity index (χ1) is 13.9. The summed E-state index contributed by atoms with van der Waals surface area (Å²) in [6.07, 6.45) is 0. The molecule has 1 amide bonds. The van der Waals surface area contributed by atoms with E-state index >= 15 is 0 Å². The van der Waals surface area contributed by atoms with Crippen LogP contribution in [0.15, 0.2) is 77.7 Å². The fourth-order valence-electron chi connectivity index (χ4n) is 2.72. The number of nitrogens with zero attached hydrogens (tertiary/aromatic N) is 1. The van der Waals surface area contributed by atoms with E-state index in [2.05, 4.69) is 15.0 Å². The van der Waals surface area contributed by atoms with Gasteiger partial charge in [0.05, 0.1) is 15.1 Å². The minimum Gasteiger partial charge on any atom is -0.298 e. The van der Waals surface area contributed by atoms with Crippen molar-refractivity contribution in [3.63, 3.8) is 0 Å². The minimum absolute atomic E-state index is 0.181. The second kappa shape index (κ2) is 7.65. The summed E-state index contributed by atoms with van der Waals surface area (Å²) in [7, 11) is -3.69. The fraction of sp³-hybridized carbons (Fsp3) is 0.0476. The zero-order valence-electron chi connectivity index (χ0n) is 15.4. The van der Waals surface area contributed by atoms with Gasteiger partial charge in [-0.05, 0) is 55.5 Å². The van der Waals surface area contributed by atoms with Crippen LogP contribution in [-0.4, -0.2) is 19.3 Å². The van der Waals surface area contributed by atoms with Crippen molar-refractivity contribution < 1.29 is 13.2 Å². The first-order valence-electron chi connectivity index (χ1n) is 8.77. The molecular formula is C21H17N3O3S2. The number of nitrogens with one attached hydrogen (secondary N) is 2. The van der Waals surface area contributed by atoms with Crippen LogP contribution in [0, 0.1) is 6.92 Å². The van der Waals surface area contributed by atoms with E-state index in [1.54, 1.807) is 48.5 Å². The molecule has 0 aliphatic rings. The summed E-state index contributed by atoms with van der Waals surface area (Å²) >= 11 is 1.40. The summed E-state index contributed by atoms with van der Waals surface area (Å²) in [5, 5.41) is 3.29. The number of carbonyl (C=O) groups excluding carboxylic acids is 1. The number of fused-ring (bicyclic) bond motifs is 1. The maximum absolute atomic E-state index is 12.5. The van der Waals surface area contributed by atoms with Gasteiger partial charge in [0, 0.05) is 11.3 Å². The highest BCUT2D eigenvalue weighted by atomic mass is 32.2. The highest BCUT2D eigenvalue weighted by Gasteiger charge is 2.15. The van der Waals surface area contributed by atoms with Crippen molar-refractivity contribution in [1.29, 1.82) is 0 Å². The number of carbonyl (C=O) groups is 1. The molecule has 0 spiro atoms. The summed E-state index contributed by atoms with van der Waals surface area (Å²) in [5.41, 5.74) is 2.59. The van der Waals surface area contributed by atoms with Gasteiger partial charge in [-0.25, -0.2) is 13.4 Å². The van der Waals surface area contributed by atoms with Gasteiger partial charge in [0.15, 0.2) is 5.13 Å². The van der Waals surface area contributed by atoms with E-state index in [1.165, 1.54) is 11.3 Å². The number of aryl methyl sites for hydroxylation is 1. The van der Waals surface area contributed by atoms with Gasteiger partial charge >= 0.3 is 0 Å². The lowest BCUT2D eigenvalue weighted by atomic mass is 10.2. The average Bonchev–Trinajstić information content (AvgIpc) is 3.11. The zero-order valence-corrected chi connectivity index (χ0v) is 17.0. The monoisotopic (exact) mass is 423 g/mol. The Morgan fingerprint density at radius 2 is 1.62 bits per heavy atom. The van der Waals surface area contributed by atoms with Crippen LogP contribution in [0.2, 0.25) is 0 Å². The molecule has 0 bridgehead atoms. The molecule has 0 aliphatic carbocycles. The predicted molar refractivity (Wildman–Crippen MR) is 116 cm³/mol. The summed E-state index contributed by atoms with van der Waals surface area (Å²) < 4.78 is 28.4. The summed E-state index contributed by atoms with van der Waals surface area (Å²) in [6, 6.07) is 20.5. The molecule has 0 atom stereocenters. The lowest BCUT2D eigenvalue weighted by Gasteiger charge is -2.09. The molecule has 0 aliphatic heterocycles. The Balaban J connectivity index is 1.46. The third-order valence-electron chi connectivity index (χ3n) is 4.24. The van der Waals surface area contributed by atoms with E-state index in [0.29, 0.717) is 16.4 Å². The normalized spacial score (nSPS) is 11.3. The minimum atomic E-state index is -3.69. The van der Waals surface area contributed by atoms with Gasteiger partial charge in [-0.15, -0.1) is 0 Å². The molecule has 8 heteroatoms. The smallest absolute Gasteiger partial charge is 0.261 e. The Hall–Kier alpha value is -3.23. The summed E-state index contributed by atoms with van der Waals surface area (Å²) in [4.78, 5) is 17.0. The summed E-state index contributed by atoms with van der Waals surface area (Å²) in [5.74, 6) is -0.308. The number of hydrogen-bond acceptors (Lipinski definition) is 5. The van der Waals surface area contributed by atoms with Crippen LogP contribution in [0.4, 0.5) is 10.8 Å². The summed E-state index contributed by atoms with van der Waals surface area (Å²) in [6.45, 7) is 1.89. The van der Waals surface area contributed by atoms with Crippen molar-refractivity contribution in [3.8, 4) is 0 Å². The molecule has 0 saturated heterocycles. The Labute approximate surface area is 172 Å². The predicted octanol–water partition coefficient (Wildman–Crippen LogP) is 4.66. The number of benzene rings is 3. The van der Waals surface area contributed by atoms with Gasteiger partial charge in [-0.3, -0.25) is 14.8 Å². The molecule has 0 saturated carbocycles. The largest absolute Gasteiger partial charge is 0.298 e. The van der Waals surface area contributed by atoms with Gasteiger partial charge in [0.25, 0.3) is 15.9 Å². The van der Waals surface area contributed by atoms with Gasteiger partial charge in [-0.2, -0.15) is 0 Å². The van der Waals surface area contributed by atoms with Gasteiger partial charge in [-0.1, -0.05) is 41.2 Å². The number of sulfonamides is 1. The van der Waals surface area contributed by atoms with E-state index in [1.807, 2.05) is 31.2 Å². The van der Waals surface area contributed by atoms with Crippen LogP contribution in [-0.2, 0) is 10.0 Å². The van der Waals surface area contributed by atoms with E-state index in [4.69, 9.17) is 0 Å². The average molecular weight is 424 g/mol. The van der Waals surface area contributed by atoms with Crippen LogP contribution in [0.5, 0.6) is 0 Å². The lowest BCUT2D eigenvalue weighted by molar-refractivity contribution is 0.102. The highest BCUT2D eigenvalue weighted by molar-refractivity contribution is 7.92. The van der Waals surface area contributed by atoms with Crippen LogP contribution in [0.3, 0.4) is 0 Å². The molecule has 29 heavy (non-hydrogen) atoms. The molecular weight excluding hydrogens is 406 g/mol. The second-order valence-electron chi connectivity index (χ2n) is 6.44. The van der Waals surface area contributed by atoms with Crippen LogP contribution >= 0.6 is 11.3 Å². The molecule has 4 rings (SSSR count). The fourth-order valence-corrected chi connectivity index (χ4v) is 4.64. The van der Waals surface area contributed by atoms with Crippen molar-refractivity contribution >= 4 is 48.3 Å². The molecule has 1 aromatic heterocycles. The second-order valence-corrected chi connectivity index (χ2v) is 9.15. The third kappa shape index (κ3) is 4.28. The highest BCUT2D eigenvalue weighted by Crippen LogP contribution is 2.26. The topological polar surface area (TPSA) is 88.2 Å². The number of aromatic nitrogens is 1. The third-order valence-corrected chi connectivity index (χ3v) is 6.59. The molecule has 146 valence electrons. The SMILES string of the molecule is Cc1ccc(S(=O)(=O)Nc2ccc(C(=O)Nc3nc4ccccc4s3)cc2)cc1. The Bertz CT molecular complexity index is 1250. The van der Waals surface area contributed by atoms with Crippen molar-refractivity contribution in [2.24, 2.45) is 0 Å². The van der Waals surface area contributed by atoms with Gasteiger partial charge in [0.2, 0.25) is 0 Å². The lowest BCUT2D eigenvalue weighted by Crippen LogP contribution is -2.14. The van der Waals surface area contributed by atoms with Gasteiger partial charge < -0.3 is 0 Å². The standard InChI is InChI=1S/C21H17N3O3S2/c1-14-6-12-17(13-7-14)29(26,27)24-16-10-8-15(9-11-16)20(25)23-21-22-18-4-2-3-5-19(18)28-21/h2-13,24H,1H3,(H,22,23,25). The van der Waals surface area contributed by atoms with Crippen LogP contribution in [0.25, 0.3) is 10.2 Å².